The molecule has 16 heavy (non-hydrogen) atoms. The van der Waals surface area contributed by atoms with Gasteiger partial charge in [0.25, 0.3) is 5.91 Å². The van der Waals surface area contributed by atoms with Gasteiger partial charge in [-0.15, -0.1) is 10.2 Å². The summed E-state index contributed by atoms with van der Waals surface area (Å²) >= 11 is 1.15. The Bertz CT molecular complexity index is 399. The highest BCUT2D eigenvalue weighted by atomic mass is 32.1. The van der Waals surface area contributed by atoms with Crippen molar-refractivity contribution < 1.29 is 4.79 Å². The summed E-state index contributed by atoms with van der Waals surface area (Å²) in [4.78, 5) is 11.9. The van der Waals surface area contributed by atoms with Crippen LogP contribution >= 0.6 is 11.3 Å². The summed E-state index contributed by atoms with van der Waals surface area (Å²) < 4.78 is 0. The average molecular weight is 238 g/mol. The molecule has 0 spiro atoms. The first-order chi connectivity index (χ1) is 7.74. The fourth-order valence-electron chi connectivity index (χ4n) is 2.07. The van der Waals surface area contributed by atoms with Crippen molar-refractivity contribution in [1.29, 1.82) is 0 Å². The van der Waals surface area contributed by atoms with E-state index in [2.05, 4.69) is 15.5 Å². The number of aromatic nitrogens is 2. The van der Waals surface area contributed by atoms with Crippen LogP contribution in [0.5, 0.6) is 0 Å². The molecule has 1 aromatic rings. The van der Waals surface area contributed by atoms with Gasteiger partial charge in [-0.2, -0.15) is 0 Å². The third kappa shape index (κ3) is 2.02. The molecule has 6 heteroatoms. The maximum absolute atomic E-state index is 11.9. The lowest BCUT2D eigenvalue weighted by Gasteiger charge is -2.16. The van der Waals surface area contributed by atoms with E-state index in [1.165, 1.54) is 25.7 Å². The molecular formula is C10H14N4OS. The summed E-state index contributed by atoms with van der Waals surface area (Å²) in [5.74, 6) is 1.28. The summed E-state index contributed by atoms with van der Waals surface area (Å²) in [5, 5.41) is 11.2. The van der Waals surface area contributed by atoms with Gasteiger partial charge in [-0.3, -0.25) is 4.79 Å². The molecule has 2 saturated carbocycles. The van der Waals surface area contributed by atoms with Gasteiger partial charge in [0.05, 0.1) is 0 Å². The van der Waals surface area contributed by atoms with E-state index in [-0.39, 0.29) is 5.91 Å². The average Bonchev–Trinajstić information content (AvgIpc) is 3.14. The minimum absolute atomic E-state index is 0.113. The number of hydrogen-bond acceptors (Lipinski definition) is 5. The van der Waals surface area contributed by atoms with E-state index in [9.17, 15) is 4.79 Å². The summed E-state index contributed by atoms with van der Waals surface area (Å²) in [5.41, 5.74) is 5.46. The van der Waals surface area contributed by atoms with Crippen LogP contribution in [0, 0.1) is 11.8 Å². The standard InChI is InChI=1S/C10H14N4OS/c11-10-14-13-9(16-10)8(15)12-7(5-1-2-5)6-3-4-6/h5-7H,1-4H2,(H2,11,14)(H,12,15). The fourth-order valence-corrected chi connectivity index (χ4v) is 2.58. The molecular weight excluding hydrogens is 224 g/mol. The summed E-state index contributed by atoms with van der Waals surface area (Å²) in [6.45, 7) is 0. The Morgan fingerprint density at radius 2 is 1.94 bits per heavy atom. The quantitative estimate of drug-likeness (QED) is 0.821. The zero-order valence-corrected chi connectivity index (χ0v) is 9.67. The predicted molar refractivity (Wildman–Crippen MR) is 61.0 cm³/mol. The van der Waals surface area contributed by atoms with Gasteiger partial charge in [0.15, 0.2) is 0 Å². The number of amides is 1. The number of nitrogens with zero attached hydrogens (tertiary/aromatic N) is 2. The number of rotatable bonds is 4. The lowest BCUT2D eigenvalue weighted by Crippen LogP contribution is -2.38. The Morgan fingerprint density at radius 3 is 2.38 bits per heavy atom. The Hall–Kier alpha value is -1.17. The Balaban J connectivity index is 1.66. The number of nitrogens with two attached hydrogens (primary N) is 1. The number of nitrogen functional groups attached to an aromatic ring is 1. The van der Waals surface area contributed by atoms with Crippen molar-refractivity contribution in [2.24, 2.45) is 11.8 Å². The minimum atomic E-state index is -0.113. The lowest BCUT2D eigenvalue weighted by molar-refractivity contribution is 0.0925. The molecule has 0 bridgehead atoms. The van der Waals surface area contributed by atoms with Crippen LogP contribution in [0.15, 0.2) is 0 Å². The highest BCUT2D eigenvalue weighted by Crippen LogP contribution is 2.44. The summed E-state index contributed by atoms with van der Waals surface area (Å²) in [6.07, 6.45) is 5.00. The first-order valence-electron chi connectivity index (χ1n) is 5.64. The predicted octanol–water partition coefficient (Wildman–Crippen LogP) is 1.04. The molecule has 86 valence electrons. The fraction of sp³-hybridized carbons (Fsp3) is 0.700. The third-order valence-corrected chi connectivity index (χ3v) is 3.94. The maximum Gasteiger partial charge on any atom is 0.282 e. The minimum Gasteiger partial charge on any atom is -0.374 e. The van der Waals surface area contributed by atoms with Crippen molar-refractivity contribution in [3.8, 4) is 0 Å². The third-order valence-electron chi connectivity index (χ3n) is 3.19. The molecule has 2 aliphatic rings. The smallest absolute Gasteiger partial charge is 0.282 e. The molecule has 3 rings (SSSR count). The molecule has 3 N–H and O–H groups in total. The van der Waals surface area contributed by atoms with Gasteiger partial charge in [0.1, 0.15) is 0 Å². The normalized spacial score (nSPS) is 20.1. The van der Waals surface area contributed by atoms with Gasteiger partial charge >= 0.3 is 0 Å². The molecule has 1 heterocycles. The first-order valence-corrected chi connectivity index (χ1v) is 6.45. The summed E-state index contributed by atoms with van der Waals surface area (Å²) in [6, 6.07) is 0.359. The van der Waals surface area contributed by atoms with E-state index in [4.69, 9.17) is 5.73 Å². The van der Waals surface area contributed by atoms with Crippen LogP contribution in [-0.4, -0.2) is 22.1 Å². The zero-order valence-electron chi connectivity index (χ0n) is 8.85. The topological polar surface area (TPSA) is 80.9 Å². The van der Waals surface area contributed by atoms with Crippen LogP contribution in [0.2, 0.25) is 0 Å². The van der Waals surface area contributed by atoms with Crippen molar-refractivity contribution in [2.75, 3.05) is 5.73 Å². The first kappa shape index (κ1) is 10.0. The van der Waals surface area contributed by atoms with Crippen LogP contribution < -0.4 is 11.1 Å². The zero-order chi connectivity index (χ0) is 11.1. The van der Waals surface area contributed by atoms with Crippen LogP contribution in [0.3, 0.4) is 0 Å². The number of carbonyl (C=O) groups excluding carboxylic acids is 1. The van der Waals surface area contributed by atoms with Gasteiger partial charge in [-0.25, -0.2) is 0 Å². The molecule has 0 radical (unpaired) electrons. The second-order valence-corrected chi connectivity index (χ2v) is 5.63. The molecule has 0 unspecified atom stereocenters. The lowest BCUT2D eigenvalue weighted by atomic mass is 10.1. The Morgan fingerprint density at radius 1 is 1.31 bits per heavy atom. The van der Waals surface area contributed by atoms with Gasteiger partial charge in [0.2, 0.25) is 10.1 Å². The van der Waals surface area contributed by atoms with E-state index < -0.39 is 0 Å². The molecule has 5 nitrogen and oxygen atoms in total. The van der Waals surface area contributed by atoms with Crippen molar-refractivity contribution in [3.05, 3.63) is 5.01 Å². The van der Waals surface area contributed by atoms with Crippen molar-refractivity contribution in [2.45, 2.75) is 31.7 Å². The molecule has 0 aliphatic heterocycles. The van der Waals surface area contributed by atoms with Gasteiger partial charge < -0.3 is 11.1 Å². The van der Waals surface area contributed by atoms with Crippen molar-refractivity contribution >= 4 is 22.4 Å². The van der Waals surface area contributed by atoms with E-state index in [0.717, 1.165) is 11.3 Å². The Labute approximate surface area is 97.4 Å². The van der Waals surface area contributed by atoms with E-state index in [1.54, 1.807) is 0 Å². The van der Waals surface area contributed by atoms with Crippen LogP contribution in [0.4, 0.5) is 5.13 Å². The molecule has 1 aromatic heterocycles. The van der Waals surface area contributed by atoms with Crippen LogP contribution in [0.1, 0.15) is 35.5 Å². The molecule has 2 fully saturated rings. The highest BCUT2D eigenvalue weighted by molar-refractivity contribution is 7.16. The van der Waals surface area contributed by atoms with Crippen molar-refractivity contribution in [3.63, 3.8) is 0 Å². The number of anilines is 1. The number of nitrogens with one attached hydrogen (secondary N) is 1. The monoisotopic (exact) mass is 238 g/mol. The molecule has 1 amide bonds. The van der Waals surface area contributed by atoms with Crippen molar-refractivity contribution in [1.82, 2.24) is 15.5 Å². The van der Waals surface area contributed by atoms with E-state index in [1.807, 2.05) is 0 Å². The maximum atomic E-state index is 11.9. The van der Waals surface area contributed by atoms with Gasteiger partial charge in [0, 0.05) is 6.04 Å². The highest BCUT2D eigenvalue weighted by Gasteiger charge is 2.42. The molecule has 2 aliphatic carbocycles. The summed E-state index contributed by atoms with van der Waals surface area (Å²) in [7, 11) is 0. The number of hydrogen-bond donors (Lipinski definition) is 2. The molecule has 0 aromatic carbocycles. The van der Waals surface area contributed by atoms with E-state index >= 15 is 0 Å². The SMILES string of the molecule is Nc1nnc(C(=O)NC(C2CC2)C2CC2)s1. The molecule has 0 atom stereocenters. The van der Waals surface area contributed by atoms with Gasteiger partial charge in [-0.1, -0.05) is 11.3 Å². The second kappa shape index (κ2) is 3.69. The number of carbonyl (C=O) groups is 1. The van der Waals surface area contributed by atoms with Crippen LogP contribution in [-0.2, 0) is 0 Å². The van der Waals surface area contributed by atoms with Gasteiger partial charge in [-0.05, 0) is 37.5 Å². The molecule has 0 saturated heterocycles. The Kier molecular flexibility index (Phi) is 2.31. The second-order valence-electron chi connectivity index (χ2n) is 4.62. The van der Waals surface area contributed by atoms with Crippen LogP contribution in [0.25, 0.3) is 0 Å². The van der Waals surface area contributed by atoms with E-state index in [0.29, 0.717) is 28.0 Å². The largest absolute Gasteiger partial charge is 0.374 e.